The van der Waals surface area contributed by atoms with E-state index in [1.807, 2.05) is 0 Å². The van der Waals surface area contributed by atoms with Gasteiger partial charge in [-0.2, -0.15) is 0 Å². The first-order valence-electron chi connectivity index (χ1n) is 6.53. The molecule has 2 saturated heterocycles. The minimum absolute atomic E-state index is 0.0720. The molecule has 0 bridgehead atoms. The monoisotopic (exact) mass is 271 g/mol. The minimum Gasteiger partial charge on any atom is -0.376 e. The molecule has 2 aliphatic heterocycles. The summed E-state index contributed by atoms with van der Waals surface area (Å²) in [5, 5.41) is 3.14. The molecule has 7 heteroatoms. The number of amides is 2. The van der Waals surface area contributed by atoms with Crippen LogP contribution in [-0.4, -0.2) is 87.3 Å². The van der Waals surface area contributed by atoms with Gasteiger partial charge in [-0.3, -0.25) is 9.59 Å². The molecule has 0 aromatic rings. The summed E-state index contributed by atoms with van der Waals surface area (Å²) in [4.78, 5) is 27.6. The Morgan fingerprint density at radius 1 is 1.32 bits per heavy atom. The molecule has 19 heavy (non-hydrogen) atoms. The van der Waals surface area contributed by atoms with E-state index in [1.54, 1.807) is 19.0 Å². The van der Waals surface area contributed by atoms with Crippen LogP contribution in [0.15, 0.2) is 0 Å². The zero-order valence-electron chi connectivity index (χ0n) is 11.4. The highest BCUT2D eigenvalue weighted by Gasteiger charge is 2.37. The molecular formula is C12H21N3O4. The summed E-state index contributed by atoms with van der Waals surface area (Å²) in [5.41, 5.74) is 0. The Kier molecular flexibility index (Phi) is 4.73. The van der Waals surface area contributed by atoms with Gasteiger partial charge in [0.15, 0.2) is 6.10 Å². The molecule has 0 radical (unpaired) electrons. The standard InChI is InChI=1S/C12H21N3O4/c1-14(2)11(16)9-7-13-3-4-15(9)12(17)10-8-18-5-6-19-10/h9-10,13H,3-8H2,1-2H3. The van der Waals surface area contributed by atoms with Crippen molar-refractivity contribution in [2.45, 2.75) is 12.1 Å². The van der Waals surface area contributed by atoms with Gasteiger partial charge < -0.3 is 24.6 Å². The summed E-state index contributed by atoms with van der Waals surface area (Å²) in [7, 11) is 3.39. The summed E-state index contributed by atoms with van der Waals surface area (Å²) in [6.45, 7) is 2.90. The molecule has 1 N–H and O–H groups in total. The molecule has 2 heterocycles. The van der Waals surface area contributed by atoms with Crippen LogP contribution in [0.4, 0.5) is 0 Å². The number of rotatable bonds is 2. The van der Waals surface area contributed by atoms with Crippen molar-refractivity contribution < 1.29 is 19.1 Å². The Hall–Kier alpha value is -1.18. The van der Waals surface area contributed by atoms with E-state index in [4.69, 9.17) is 9.47 Å². The van der Waals surface area contributed by atoms with Crippen molar-refractivity contribution in [3.63, 3.8) is 0 Å². The molecule has 2 amide bonds. The van der Waals surface area contributed by atoms with Gasteiger partial charge >= 0.3 is 0 Å². The summed E-state index contributed by atoms with van der Waals surface area (Å²) >= 11 is 0. The van der Waals surface area contributed by atoms with Crippen LogP contribution >= 0.6 is 0 Å². The first-order valence-corrected chi connectivity index (χ1v) is 6.53. The summed E-state index contributed by atoms with van der Waals surface area (Å²) in [5.74, 6) is -0.223. The van der Waals surface area contributed by atoms with Crippen molar-refractivity contribution in [1.29, 1.82) is 0 Å². The maximum Gasteiger partial charge on any atom is 0.254 e. The fourth-order valence-electron chi connectivity index (χ4n) is 2.30. The van der Waals surface area contributed by atoms with E-state index in [2.05, 4.69) is 5.32 Å². The molecule has 2 fully saturated rings. The lowest BCUT2D eigenvalue weighted by Gasteiger charge is -2.38. The van der Waals surface area contributed by atoms with Gasteiger partial charge in [0.1, 0.15) is 6.04 Å². The highest BCUT2D eigenvalue weighted by Crippen LogP contribution is 2.12. The molecule has 0 aromatic heterocycles. The Morgan fingerprint density at radius 2 is 2.11 bits per heavy atom. The van der Waals surface area contributed by atoms with Crippen LogP contribution in [0, 0.1) is 0 Å². The molecule has 2 unspecified atom stereocenters. The molecule has 7 nitrogen and oxygen atoms in total. The van der Waals surface area contributed by atoms with E-state index in [0.717, 1.165) is 0 Å². The van der Waals surface area contributed by atoms with E-state index >= 15 is 0 Å². The van der Waals surface area contributed by atoms with E-state index in [0.29, 0.717) is 32.8 Å². The normalized spacial score (nSPS) is 28.0. The molecule has 0 saturated carbocycles. The smallest absolute Gasteiger partial charge is 0.254 e. The second kappa shape index (κ2) is 6.31. The molecule has 2 rings (SSSR count). The number of carbonyl (C=O) groups excluding carboxylic acids is 2. The highest BCUT2D eigenvalue weighted by atomic mass is 16.6. The van der Waals surface area contributed by atoms with Crippen LogP contribution in [0.3, 0.4) is 0 Å². The number of ether oxygens (including phenoxy) is 2. The van der Waals surface area contributed by atoms with Gasteiger partial charge in [0, 0.05) is 33.7 Å². The fraction of sp³-hybridized carbons (Fsp3) is 0.833. The van der Waals surface area contributed by atoms with E-state index in [9.17, 15) is 9.59 Å². The van der Waals surface area contributed by atoms with Crippen molar-refractivity contribution in [2.24, 2.45) is 0 Å². The highest BCUT2D eigenvalue weighted by molar-refractivity contribution is 5.89. The predicted octanol–water partition coefficient (Wildman–Crippen LogP) is -1.71. The van der Waals surface area contributed by atoms with E-state index < -0.39 is 12.1 Å². The maximum absolute atomic E-state index is 12.4. The van der Waals surface area contributed by atoms with Crippen LogP contribution in [0.1, 0.15) is 0 Å². The lowest BCUT2D eigenvalue weighted by atomic mass is 10.1. The van der Waals surface area contributed by atoms with Crippen LogP contribution in [0.2, 0.25) is 0 Å². The van der Waals surface area contributed by atoms with Gasteiger partial charge in [-0.05, 0) is 0 Å². The van der Waals surface area contributed by atoms with Crippen LogP contribution in [-0.2, 0) is 19.1 Å². The number of nitrogens with one attached hydrogen (secondary N) is 1. The summed E-state index contributed by atoms with van der Waals surface area (Å²) < 4.78 is 10.7. The zero-order valence-corrected chi connectivity index (χ0v) is 11.4. The second-order valence-electron chi connectivity index (χ2n) is 4.92. The largest absolute Gasteiger partial charge is 0.376 e. The fourth-order valence-corrected chi connectivity index (χ4v) is 2.30. The van der Waals surface area contributed by atoms with Crippen molar-refractivity contribution in [1.82, 2.24) is 15.1 Å². The van der Waals surface area contributed by atoms with Gasteiger partial charge in [-0.15, -0.1) is 0 Å². The molecule has 2 atom stereocenters. The van der Waals surface area contributed by atoms with Crippen LogP contribution in [0.25, 0.3) is 0 Å². The third kappa shape index (κ3) is 3.23. The maximum atomic E-state index is 12.4. The third-order valence-electron chi connectivity index (χ3n) is 3.34. The predicted molar refractivity (Wildman–Crippen MR) is 67.6 cm³/mol. The first-order chi connectivity index (χ1) is 9.11. The number of nitrogens with zero attached hydrogens (tertiary/aromatic N) is 2. The molecular weight excluding hydrogens is 250 g/mol. The number of piperazine rings is 1. The SMILES string of the molecule is CN(C)C(=O)C1CNCCN1C(=O)C1COCCO1. The lowest BCUT2D eigenvalue weighted by molar-refractivity contribution is -0.164. The van der Waals surface area contributed by atoms with Gasteiger partial charge in [0.25, 0.3) is 5.91 Å². The Bertz CT molecular complexity index is 342. The van der Waals surface area contributed by atoms with E-state index in [1.165, 1.54) is 4.90 Å². The molecule has 0 aliphatic carbocycles. The van der Waals surface area contributed by atoms with Gasteiger partial charge in [-0.25, -0.2) is 0 Å². The molecule has 2 aliphatic rings. The number of carbonyl (C=O) groups is 2. The van der Waals surface area contributed by atoms with Gasteiger partial charge in [0.2, 0.25) is 5.91 Å². The second-order valence-corrected chi connectivity index (χ2v) is 4.92. The lowest BCUT2D eigenvalue weighted by Crippen LogP contribution is -2.62. The zero-order chi connectivity index (χ0) is 13.8. The Labute approximate surface area is 112 Å². The van der Waals surface area contributed by atoms with Crippen molar-refractivity contribution in [2.75, 3.05) is 53.6 Å². The van der Waals surface area contributed by atoms with Crippen molar-refractivity contribution in [3.8, 4) is 0 Å². The average Bonchev–Trinajstić information content (AvgIpc) is 2.46. The molecule has 108 valence electrons. The number of likely N-dealkylation sites (N-methyl/N-ethyl adjacent to an activating group) is 1. The number of hydrogen-bond donors (Lipinski definition) is 1. The van der Waals surface area contributed by atoms with E-state index in [-0.39, 0.29) is 18.4 Å². The topological polar surface area (TPSA) is 71.1 Å². The van der Waals surface area contributed by atoms with Crippen molar-refractivity contribution in [3.05, 3.63) is 0 Å². The third-order valence-corrected chi connectivity index (χ3v) is 3.34. The van der Waals surface area contributed by atoms with Crippen LogP contribution in [0.5, 0.6) is 0 Å². The molecule has 0 spiro atoms. The Morgan fingerprint density at radius 3 is 2.74 bits per heavy atom. The average molecular weight is 271 g/mol. The number of hydrogen-bond acceptors (Lipinski definition) is 5. The first kappa shape index (κ1) is 14.2. The van der Waals surface area contributed by atoms with Gasteiger partial charge in [0.05, 0.1) is 19.8 Å². The molecule has 0 aromatic carbocycles. The van der Waals surface area contributed by atoms with Crippen LogP contribution < -0.4 is 5.32 Å². The Balaban J connectivity index is 2.05. The summed E-state index contributed by atoms with van der Waals surface area (Å²) in [6, 6.07) is -0.457. The van der Waals surface area contributed by atoms with Gasteiger partial charge in [-0.1, -0.05) is 0 Å². The minimum atomic E-state index is -0.579. The quantitative estimate of drug-likeness (QED) is 0.647. The summed E-state index contributed by atoms with van der Waals surface area (Å²) in [6.07, 6.45) is -0.579. The van der Waals surface area contributed by atoms with Crippen molar-refractivity contribution >= 4 is 11.8 Å².